The lowest BCUT2D eigenvalue weighted by Crippen LogP contribution is -2.56. The molecule has 26 heavy (non-hydrogen) atoms. The highest BCUT2D eigenvalue weighted by Gasteiger charge is 2.57. The molecule has 2 aliphatic rings. The Kier molecular flexibility index (Phi) is 4.72. The van der Waals surface area contributed by atoms with E-state index >= 15 is 0 Å². The van der Waals surface area contributed by atoms with Crippen LogP contribution < -0.4 is 5.32 Å². The van der Waals surface area contributed by atoms with Crippen LogP contribution in [0.2, 0.25) is 0 Å². The van der Waals surface area contributed by atoms with Gasteiger partial charge in [0.2, 0.25) is 5.91 Å². The number of benzene rings is 1. The van der Waals surface area contributed by atoms with Crippen LogP contribution in [-0.4, -0.2) is 47.2 Å². The Morgan fingerprint density at radius 3 is 2.65 bits per heavy atom. The minimum atomic E-state index is -2.16. The Morgan fingerprint density at radius 2 is 2.04 bits per heavy atom. The van der Waals surface area contributed by atoms with Gasteiger partial charge < -0.3 is 14.8 Å². The third kappa shape index (κ3) is 3.29. The summed E-state index contributed by atoms with van der Waals surface area (Å²) in [7, 11) is 0. The molecule has 1 N–H and O–H groups in total. The molecule has 1 fully saturated rings. The van der Waals surface area contributed by atoms with Crippen LogP contribution >= 0.6 is 0 Å². The molecule has 3 rings (SSSR count). The zero-order chi connectivity index (χ0) is 18.7. The Labute approximate surface area is 148 Å². The van der Waals surface area contributed by atoms with Gasteiger partial charge in [-0.2, -0.15) is 5.06 Å². The molecule has 2 amide bonds. The summed E-state index contributed by atoms with van der Waals surface area (Å²) in [4.78, 5) is 53.1. The Balaban J connectivity index is 1.78. The van der Waals surface area contributed by atoms with E-state index in [1.54, 1.807) is 24.3 Å². The zero-order valence-corrected chi connectivity index (χ0v) is 13.8. The van der Waals surface area contributed by atoms with Gasteiger partial charge in [0, 0.05) is 19.1 Å². The van der Waals surface area contributed by atoms with E-state index in [9.17, 15) is 19.2 Å². The third-order valence-corrected chi connectivity index (χ3v) is 3.75. The van der Waals surface area contributed by atoms with Gasteiger partial charge in [-0.15, -0.1) is 0 Å². The van der Waals surface area contributed by atoms with E-state index in [0.29, 0.717) is 10.6 Å². The van der Waals surface area contributed by atoms with Crippen LogP contribution in [-0.2, 0) is 40.1 Å². The Hall–Kier alpha value is -3.20. The number of cyclic esters (lactones) is 1. The van der Waals surface area contributed by atoms with Gasteiger partial charge in [0.1, 0.15) is 19.3 Å². The lowest BCUT2D eigenvalue weighted by Gasteiger charge is -2.31. The van der Waals surface area contributed by atoms with Crippen LogP contribution in [0.25, 0.3) is 0 Å². The molecule has 0 bridgehead atoms. The quantitative estimate of drug-likeness (QED) is 0.725. The summed E-state index contributed by atoms with van der Waals surface area (Å²) in [5.41, 5.74) is -1.44. The maximum atomic E-state index is 12.6. The van der Waals surface area contributed by atoms with Crippen molar-refractivity contribution in [2.75, 3.05) is 6.61 Å². The molecule has 1 aromatic carbocycles. The molecule has 1 unspecified atom stereocenters. The van der Waals surface area contributed by atoms with Crippen LogP contribution in [0.15, 0.2) is 42.5 Å². The molecular weight excluding hydrogens is 344 g/mol. The lowest BCUT2D eigenvalue weighted by atomic mass is 10.2. The summed E-state index contributed by atoms with van der Waals surface area (Å²) in [6.45, 7) is 0.969. The summed E-state index contributed by atoms with van der Waals surface area (Å²) >= 11 is 0. The Bertz CT molecular complexity index is 777. The smallest absolute Gasteiger partial charge is 0.379 e. The van der Waals surface area contributed by atoms with E-state index < -0.39 is 35.5 Å². The molecule has 0 saturated carbocycles. The number of hydrogen-bond acceptors (Lipinski definition) is 7. The molecule has 2 aliphatic heterocycles. The molecule has 9 nitrogen and oxygen atoms in total. The first kappa shape index (κ1) is 17.6. The summed E-state index contributed by atoms with van der Waals surface area (Å²) in [5, 5.41) is 3.03. The SMILES string of the molecule is CC(=O)N[C@@H]1CON(C2(C(=O)OCc3ccccc3)C=CC(=O)O2)C1=O. The van der Waals surface area contributed by atoms with Crippen molar-refractivity contribution in [3.05, 3.63) is 48.0 Å². The van der Waals surface area contributed by atoms with E-state index in [0.717, 1.165) is 12.2 Å². The van der Waals surface area contributed by atoms with E-state index in [1.807, 2.05) is 6.07 Å². The van der Waals surface area contributed by atoms with Crippen molar-refractivity contribution in [1.82, 2.24) is 10.4 Å². The van der Waals surface area contributed by atoms with Crippen molar-refractivity contribution >= 4 is 23.8 Å². The number of hydrogen-bond donors (Lipinski definition) is 1. The number of ether oxygens (including phenoxy) is 2. The Morgan fingerprint density at radius 1 is 1.31 bits per heavy atom. The average Bonchev–Trinajstić information content (AvgIpc) is 3.18. The lowest BCUT2D eigenvalue weighted by molar-refractivity contribution is -0.249. The fourth-order valence-corrected chi connectivity index (χ4v) is 2.56. The summed E-state index contributed by atoms with van der Waals surface area (Å²) in [6.07, 6.45) is 2.10. The predicted octanol–water partition coefficient (Wildman–Crippen LogP) is -0.182. The monoisotopic (exact) mass is 360 g/mol. The summed E-state index contributed by atoms with van der Waals surface area (Å²) in [5.74, 6) is -2.97. The summed E-state index contributed by atoms with van der Waals surface area (Å²) in [6, 6.07) is 7.88. The standard InChI is InChI=1S/C17H16N2O7/c1-11(20)18-13-10-25-19(15(13)22)17(8-7-14(21)26-17)16(23)24-9-12-5-3-2-4-6-12/h2-8,13H,9-10H2,1H3,(H,18,20)/t13-,17?/m1/s1. The maximum Gasteiger partial charge on any atom is 0.379 e. The summed E-state index contributed by atoms with van der Waals surface area (Å²) < 4.78 is 10.3. The molecule has 136 valence electrons. The minimum absolute atomic E-state index is 0.0794. The van der Waals surface area contributed by atoms with Crippen molar-refractivity contribution in [3.63, 3.8) is 0 Å². The number of nitrogens with one attached hydrogen (secondary N) is 1. The van der Waals surface area contributed by atoms with Crippen molar-refractivity contribution in [1.29, 1.82) is 0 Å². The van der Waals surface area contributed by atoms with Crippen LogP contribution in [0.5, 0.6) is 0 Å². The normalized spacial score (nSPS) is 24.5. The largest absolute Gasteiger partial charge is 0.456 e. The van der Waals surface area contributed by atoms with Gasteiger partial charge in [0.25, 0.3) is 5.91 Å². The number of hydroxylamine groups is 2. The number of carbonyl (C=O) groups excluding carboxylic acids is 4. The number of amides is 2. The van der Waals surface area contributed by atoms with Crippen molar-refractivity contribution in [3.8, 4) is 0 Å². The van der Waals surface area contributed by atoms with Crippen LogP contribution in [0.4, 0.5) is 0 Å². The number of esters is 2. The molecule has 1 aromatic rings. The highest BCUT2D eigenvalue weighted by molar-refractivity contribution is 5.98. The molecule has 0 aliphatic carbocycles. The molecule has 0 spiro atoms. The average molecular weight is 360 g/mol. The number of rotatable bonds is 5. The van der Waals surface area contributed by atoms with Gasteiger partial charge in [-0.05, 0) is 5.56 Å². The van der Waals surface area contributed by atoms with Gasteiger partial charge in [-0.25, -0.2) is 9.59 Å². The van der Waals surface area contributed by atoms with Crippen molar-refractivity contribution < 1.29 is 33.5 Å². The van der Waals surface area contributed by atoms with Gasteiger partial charge >= 0.3 is 17.7 Å². The van der Waals surface area contributed by atoms with Crippen molar-refractivity contribution in [2.24, 2.45) is 0 Å². The first-order valence-corrected chi connectivity index (χ1v) is 7.80. The van der Waals surface area contributed by atoms with E-state index in [2.05, 4.69) is 5.32 Å². The van der Waals surface area contributed by atoms with E-state index in [-0.39, 0.29) is 13.2 Å². The molecule has 2 heterocycles. The molecule has 0 radical (unpaired) electrons. The minimum Gasteiger partial charge on any atom is -0.456 e. The van der Waals surface area contributed by atoms with E-state index in [4.69, 9.17) is 14.3 Å². The number of carbonyl (C=O) groups is 4. The number of nitrogens with zero attached hydrogens (tertiary/aromatic N) is 1. The molecular formula is C17H16N2O7. The van der Waals surface area contributed by atoms with Gasteiger partial charge in [0.05, 0.1) is 0 Å². The van der Waals surface area contributed by atoms with Crippen LogP contribution in [0.1, 0.15) is 12.5 Å². The third-order valence-electron chi connectivity index (χ3n) is 3.75. The topological polar surface area (TPSA) is 111 Å². The van der Waals surface area contributed by atoms with E-state index in [1.165, 1.54) is 6.92 Å². The van der Waals surface area contributed by atoms with Crippen molar-refractivity contribution in [2.45, 2.75) is 25.3 Å². The first-order valence-electron chi connectivity index (χ1n) is 7.80. The van der Waals surface area contributed by atoms with Crippen LogP contribution in [0.3, 0.4) is 0 Å². The van der Waals surface area contributed by atoms with Gasteiger partial charge in [-0.1, -0.05) is 30.3 Å². The van der Waals surface area contributed by atoms with Gasteiger partial charge in [-0.3, -0.25) is 14.4 Å². The first-order chi connectivity index (χ1) is 12.4. The maximum absolute atomic E-state index is 12.6. The predicted molar refractivity (Wildman–Crippen MR) is 84.6 cm³/mol. The fraction of sp³-hybridized carbons (Fsp3) is 0.294. The molecule has 9 heteroatoms. The van der Waals surface area contributed by atoms with Gasteiger partial charge in [0.15, 0.2) is 0 Å². The second-order valence-electron chi connectivity index (χ2n) is 5.69. The fourth-order valence-electron chi connectivity index (χ4n) is 2.56. The molecule has 0 aromatic heterocycles. The van der Waals surface area contributed by atoms with Crippen LogP contribution in [0, 0.1) is 0 Å². The second-order valence-corrected chi connectivity index (χ2v) is 5.69. The molecule has 1 saturated heterocycles. The highest BCUT2D eigenvalue weighted by atomic mass is 16.8. The second kappa shape index (κ2) is 6.96. The highest BCUT2D eigenvalue weighted by Crippen LogP contribution is 2.30. The zero-order valence-electron chi connectivity index (χ0n) is 13.8. The molecule has 2 atom stereocenters.